The van der Waals surface area contributed by atoms with Gasteiger partial charge in [0.15, 0.2) is 0 Å². The second-order valence-electron chi connectivity index (χ2n) is 6.43. The Balaban J connectivity index is 1.36. The quantitative estimate of drug-likeness (QED) is 0.521. The van der Waals surface area contributed by atoms with Crippen molar-refractivity contribution in [2.75, 3.05) is 6.54 Å². The molecule has 8 heteroatoms. The summed E-state index contributed by atoms with van der Waals surface area (Å²) >= 11 is 5.89. The van der Waals surface area contributed by atoms with Gasteiger partial charge in [-0.15, -0.1) is 0 Å². The number of aliphatic imine (C=N–C) groups is 1. The number of benzene rings is 2. The molecule has 0 radical (unpaired) electrons. The average molecular weight is 421 g/mol. The molecule has 0 amide bonds. The summed E-state index contributed by atoms with van der Waals surface area (Å²) in [6.07, 6.45) is 2.60. The van der Waals surface area contributed by atoms with Crippen LogP contribution in [0.4, 0.5) is 0 Å². The SMILES string of the molecule is O=C(CCCCCN=C1NS(=O)(=O)c2ccccc21)OCc1cccc(Cl)c1. The van der Waals surface area contributed by atoms with Crippen LogP contribution in [0.15, 0.2) is 58.4 Å². The number of ether oxygens (including phenoxy) is 1. The predicted molar refractivity (Wildman–Crippen MR) is 108 cm³/mol. The summed E-state index contributed by atoms with van der Waals surface area (Å²) in [6.45, 7) is 0.705. The van der Waals surface area contributed by atoms with Gasteiger partial charge >= 0.3 is 5.97 Å². The summed E-state index contributed by atoms with van der Waals surface area (Å²) in [6, 6.07) is 14.0. The molecular formula is C20H21ClN2O4S. The highest BCUT2D eigenvalue weighted by Gasteiger charge is 2.29. The molecule has 0 saturated heterocycles. The normalized spacial score (nSPS) is 15.8. The first-order valence-corrected chi connectivity index (χ1v) is 10.9. The van der Waals surface area contributed by atoms with E-state index in [-0.39, 0.29) is 17.5 Å². The summed E-state index contributed by atoms with van der Waals surface area (Å²) in [5.41, 5.74) is 1.46. The topological polar surface area (TPSA) is 84.8 Å². The van der Waals surface area contributed by atoms with Crippen LogP contribution in [-0.2, 0) is 26.2 Å². The smallest absolute Gasteiger partial charge is 0.306 e. The number of esters is 1. The van der Waals surface area contributed by atoms with Gasteiger partial charge in [0.05, 0.1) is 4.90 Å². The molecule has 0 bridgehead atoms. The zero-order valence-corrected chi connectivity index (χ0v) is 16.8. The van der Waals surface area contributed by atoms with Crippen molar-refractivity contribution in [2.45, 2.75) is 37.2 Å². The van der Waals surface area contributed by atoms with Crippen LogP contribution in [0.1, 0.15) is 36.8 Å². The van der Waals surface area contributed by atoms with Gasteiger partial charge in [-0.1, -0.05) is 42.3 Å². The molecule has 1 aliphatic rings. The Hall–Kier alpha value is -2.38. The lowest BCUT2D eigenvalue weighted by Gasteiger charge is -2.05. The number of sulfonamides is 1. The van der Waals surface area contributed by atoms with E-state index in [4.69, 9.17) is 16.3 Å². The summed E-state index contributed by atoms with van der Waals surface area (Å²) < 4.78 is 31.7. The molecule has 1 heterocycles. The number of carbonyl (C=O) groups is 1. The van der Waals surface area contributed by atoms with Crippen molar-refractivity contribution in [3.05, 3.63) is 64.7 Å². The Kier molecular flexibility index (Phi) is 6.70. The summed E-state index contributed by atoms with van der Waals surface area (Å²) in [4.78, 5) is 16.4. The fourth-order valence-electron chi connectivity index (χ4n) is 2.86. The monoisotopic (exact) mass is 420 g/mol. The minimum atomic E-state index is -3.50. The summed E-state index contributed by atoms with van der Waals surface area (Å²) in [5, 5.41) is 0.613. The number of rotatable bonds is 8. The van der Waals surface area contributed by atoms with Gasteiger partial charge in [0.1, 0.15) is 12.4 Å². The number of fused-ring (bicyclic) bond motifs is 1. The van der Waals surface area contributed by atoms with E-state index in [0.29, 0.717) is 35.8 Å². The number of halogens is 1. The molecule has 6 nitrogen and oxygen atoms in total. The van der Waals surface area contributed by atoms with Gasteiger partial charge in [-0.05, 0) is 42.7 Å². The first kappa shape index (κ1) is 20.4. The third kappa shape index (κ3) is 5.33. The zero-order valence-electron chi connectivity index (χ0n) is 15.2. The van der Waals surface area contributed by atoms with Gasteiger partial charge in [-0.25, -0.2) is 8.42 Å². The van der Waals surface area contributed by atoms with Gasteiger partial charge in [0.2, 0.25) is 0 Å². The largest absolute Gasteiger partial charge is 0.461 e. The molecule has 1 aliphatic heterocycles. The second-order valence-corrected chi connectivity index (χ2v) is 8.52. The van der Waals surface area contributed by atoms with Crippen LogP contribution >= 0.6 is 11.6 Å². The van der Waals surface area contributed by atoms with Crippen molar-refractivity contribution in [1.82, 2.24) is 4.72 Å². The van der Waals surface area contributed by atoms with Gasteiger partial charge in [0.25, 0.3) is 10.0 Å². The molecule has 0 fully saturated rings. The maximum Gasteiger partial charge on any atom is 0.306 e. The molecule has 0 atom stereocenters. The van der Waals surface area contributed by atoms with Crippen LogP contribution in [0.25, 0.3) is 0 Å². The lowest BCUT2D eigenvalue weighted by molar-refractivity contribution is -0.145. The number of unbranched alkanes of at least 4 members (excludes halogenated alkanes) is 2. The van der Waals surface area contributed by atoms with E-state index in [9.17, 15) is 13.2 Å². The number of nitrogens with one attached hydrogen (secondary N) is 1. The van der Waals surface area contributed by atoms with Crippen LogP contribution in [0.3, 0.4) is 0 Å². The van der Waals surface area contributed by atoms with E-state index in [0.717, 1.165) is 18.4 Å². The van der Waals surface area contributed by atoms with Gasteiger partial charge in [-0.3, -0.25) is 14.5 Å². The van der Waals surface area contributed by atoms with E-state index < -0.39 is 10.0 Å². The van der Waals surface area contributed by atoms with Crippen LogP contribution in [0, 0.1) is 0 Å². The van der Waals surface area contributed by atoms with Gasteiger partial charge in [-0.2, -0.15) is 0 Å². The maximum atomic E-state index is 12.0. The second kappa shape index (κ2) is 9.21. The Morgan fingerprint density at radius 1 is 1.07 bits per heavy atom. The van der Waals surface area contributed by atoms with E-state index in [1.807, 2.05) is 12.1 Å². The minimum absolute atomic E-state index is 0.215. The molecule has 0 aliphatic carbocycles. The average Bonchev–Trinajstić information content (AvgIpc) is 2.94. The molecule has 2 aromatic carbocycles. The molecule has 0 saturated carbocycles. The number of amidine groups is 1. The van der Waals surface area contributed by atoms with E-state index >= 15 is 0 Å². The first-order valence-electron chi connectivity index (χ1n) is 9.02. The fraction of sp³-hybridized carbons (Fsp3) is 0.300. The number of hydrogen-bond donors (Lipinski definition) is 1. The Morgan fingerprint density at radius 3 is 2.71 bits per heavy atom. The van der Waals surface area contributed by atoms with Gasteiger partial charge < -0.3 is 4.74 Å². The number of carbonyl (C=O) groups excluding carboxylic acids is 1. The molecule has 0 spiro atoms. The lowest BCUT2D eigenvalue weighted by Crippen LogP contribution is -2.22. The predicted octanol–water partition coefficient (Wildman–Crippen LogP) is 3.68. The van der Waals surface area contributed by atoms with E-state index in [1.165, 1.54) is 0 Å². The Bertz CT molecular complexity index is 989. The van der Waals surface area contributed by atoms with Gasteiger partial charge in [0, 0.05) is 23.6 Å². The van der Waals surface area contributed by atoms with Crippen LogP contribution in [-0.4, -0.2) is 26.8 Å². The molecule has 148 valence electrons. The summed E-state index contributed by atoms with van der Waals surface area (Å²) in [7, 11) is -3.50. The number of nitrogens with zero attached hydrogens (tertiary/aromatic N) is 1. The third-order valence-corrected chi connectivity index (χ3v) is 5.89. The molecule has 0 unspecified atom stereocenters. The molecule has 1 N–H and O–H groups in total. The molecule has 28 heavy (non-hydrogen) atoms. The highest BCUT2D eigenvalue weighted by molar-refractivity contribution is 7.90. The molecule has 3 rings (SSSR count). The van der Waals surface area contributed by atoms with Crippen molar-refractivity contribution in [3.63, 3.8) is 0 Å². The van der Waals surface area contributed by atoms with Crippen molar-refractivity contribution < 1.29 is 17.9 Å². The Labute approximate surface area is 169 Å². The van der Waals surface area contributed by atoms with Crippen molar-refractivity contribution in [1.29, 1.82) is 0 Å². The highest BCUT2D eigenvalue weighted by Crippen LogP contribution is 2.22. The highest BCUT2D eigenvalue weighted by atomic mass is 35.5. The number of hydrogen-bond acceptors (Lipinski definition) is 5. The van der Waals surface area contributed by atoms with Crippen LogP contribution < -0.4 is 4.72 Å². The fourth-order valence-corrected chi connectivity index (χ4v) is 4.33. The van der Waals surface area contributed by atoms with Crippen LogP contribution in [0.5, 0.6) is 0 Å². The minimum Gasteiger partial charge on any atom is -0.461 e. The van der Waals surface area contributed by atoms with E-state index in [2.05, 4.69) is 9.71 Å². The van der Waals surface area contributed by atoms with E-state index in [1.54, 1.807) is 36.4 Å². The zero-order chi connectivity index (χ0) is 20.0. The van der Waals surface area contributed by atoms with Crippen molar-refractivity contribution in [3.8, 4) is 0 Å². The maximum absolute atomic E-state index is 12.0. The molecule has 2 aromatic rings. The molecular weight excluding hydrogens is 400 g/mol. The first-order chi connectivity index (χ1) is 13.5. The van der Waals surface area contributed by atoms with Crippen molar-refractivity contribution >= 4 is 33.4 Å². The molecule has 0 aromatic heterocycles. The summed E-state index contributed by atoms with van der Waals surface area (Å²) in [5.74, 6) is 0.139. The standard InChI is InChI=1S/C20H21ClN2O4S/c21-16-8-6-7-15(13-16)14-27-19(24)11-2-1-5-12-22-20-17-9-3-4-10-18(17)28(25,26)23-20/h3-4,6-10,13H,1-2,5,11-12,14H2,(H,22,23). The lowest BCUT2D eigenvalue weighted by atomic mass is 10.2. The van der Waals surface area contributed by atoms with Crippen LogP contribution in [0.2, 0.25) is 5.02 Å². The third-order valence-electron chi connectivity index (χ3n) is 4.26. The van der Waals surface area contributed by atoms with Crippen molar-refractivity contribution in [2.24, 2.45) is 4.99 Å². The Morgan fingerprint density at radius 2 is 1.89 bits per heavy atom.